The number of fused-ring (bicyclic) bond motifs is 2. The lowest BCUT2D eigenvalue weighted by molar-refractivity contribution is -0.146. The van der Waals surface area contributed by atoms with Crippen LogP contribution in [0.5, 0.6) is 5.75 Å². The fourth-order valence-electron chi connectivity index (χ4n) is 10.7. The van der Waals surface area contributed by atoms with Crippen molar-refractivity contribution in [2.75, 3.05) is 23.5 Å². The Kier molecular flexibility index (Phi) is 9.93. The maximum Gasteiger partial charge on any atom is 0.264 e. The Labute approximate surface area is 362 Å². The summed E-state index contributed by atoms with van der Waals surface area (Å²) < 4.78 is 14.9. The van der Waals surface area contributed by atoms with Gasteiger partial charge in [-0.2, -0.15) is 0 Å². The van der Waals surface area contributed by atoms with E-state index in [0.29, 0.717) is 36.5 Å². The van der Waals surface area contributed by atoms with Crippen LogP contribution in [0.2, 0.25) is 18.6 Å². The molecular formula is C51H49N5O5Si. The van der Waals surface area contributed by atoms with Gasteiger partial charge in [-0.3, -0.25) is 19.2 Å². The summed E-state index contributed by atoms with van der Waals surface area (Å²) in [4.78, 5) is 33.6. The van der Waals surface area contributed by atoms with Gasteiger partial charge in [-0.15, -0.1) is 5.10 Å². The van der Waals surface area contributed by atoms with E-state index in [1.807, 2.05) is 143 Å². The van der Waals surface area contributed by atoms with Crippen molar-refractivity contribution in [2.45, 2.75) is 62.7 Å². The van der Waals surface area contributed by atoms with Crippen LogP contribution in [0.4, 0.5) is 17.1 Å². The molecule has 0 saturated carbocycles. The molecule has 7 aromatic rings. The number of anilines is 3. The zero-order chi connectivity index (χ0) is 42.8. The minimum atomic E-state index is -2.47. The summed E-state index contributed by atoms with van der Waals surface area (Å²) in [7, 11) is -0.793. The van der Waals surface area contributed by atoms with Crippen molar-refractivity contribution in [1.82, 2.24) is 15.0 Å². The number of carbonyl (C=O) groups excluding carboxylic acids is 2. The van der Waals surface area contributed by atoms with Gasteiger partial charge in [-0.05, 0) is 70.9 Å². The predicted octanol–water partition coefficient (Wildman–Crippen LogP) is 8.71. The second-order valence-electron chi connectivity index (χ2n) is 17.4. The number of hydrogen-bond donors (Lipinski definition) is 1. The smallest absolute Gasteiger partial charge is 0.264 e. The third-order valence-electron chi connectivity index (χ3n) is 13.8. The van der Waals surface area contributed by atoms with Crippen molar-refractivity contribution in [1.29, 1.82) is 0 Å². The van der Waals surface area contributed by atoms with Gasteiger partial charge >= 0.3 is 0 Å². The van der Waals surface area contributed by atoms with Gasteiger partial charge < -0.3 is 19.5 Å². The topological polar surface area (TPSA) is 110 Å². The summed E-state index contributed by atoms with van der Waals surface area (Å²) in [5.74, 6) is 0.0480. The first-order chi connectivity index (χ1) is 30.1. The van der Waals surface area contributed by atoms with Crippen LogP contribution < -0.4 is 19.7 Å². The van der Waals surface area contributed by atoms with E-state index in [1.54, 1.807) is 12.0 Å². The highest BCUT2D eigenvalue weighted by molar-refractivity contribution is 6.91. The number of ether oxygens (including phenoxy) is 2. The number of aromatic nitrogens is 3. The van der Waals surface area contributed by atoms with Gasteiger partial charge in [-0.25, -0.2) is 0 Å². The molecule has 5 atom stereocenters. The normalized spacial score (nSPS) is 21.0. The second-order valence-corrected chi connectivity index (χ2v) is 22.1. The molecule has 0 radical (unpaired) electrons. The highest BCUT2D eigenvalue weighted by Crippen LogP contribution is 2.61. The van der Waals surface area contributed by atoms with Crippen molar-refractivity contribution in [2.24, 2.45) is 5.92 Å². The zero-order valence-electron chi connectivity index (χ0n) is 35.3. The Balaban J connectivity index is 1.08. The molecule has 3 aliphatic rings. The van der Waals surface area contributed by atoms with Gasteiger partial charge in [0.05, 0.1) is 63.0 Å². The van der Waals surface area contributed by atoms with Crippen LogP contribution in [0.25, 0.3) is 10.8 Å². The molecule has 1 unspecified atom stereocenters. The quantitative estimate of drug-likeness (QED) is 0.123. The predicted molar refractivity (Wildman–Crippen MR) is 244 cm³/mol. The molecule has 1 spiro atoms. The minimum Gasteiger partial charge on any atom is -0.497 e. The number of nitrogens with zero attached hydrogens (tertiary/aromatic N) is 5. The van der Waals surface area contributed by atoms with Crippen LogP contribution in [0.1, 0.15) is 52.0 Å². The van der Waals surface area contributed by atoms with E-state index in [1.165, 1.54) is 5.19 Å². The van der Waals surface area contributed by atoms with Gasteiger partial charge in [0.1, 0.15) is 5.75 Å². The van der Waals surface area contributed by atoms with Gasteiger partial charge in [0, 0.05) is 35.3 Å². The highest BCUT2D eigenvalue weighted by Gasteiger charge is 2.66. The van der Waals surface area contributed by atoms with E-state index in [2.05, 4.69) is 42.5 Å². The Morgan fingerprint density at radius 1 is 0.855 bits per heavy atom. The SMILES string of the molecule is COc1ccc([Si](C)(C)[C@H]2[C@H](CCn3cc(C(CO)c4ccccc4)nn3)O[C@@]3(C(=O)N(Cc4ccccc4)c4ccc(N5C(=O)c6cccc7cccc5c67)cc43)[C@@H]2C)cc1. The molecule has 4 heterocycles. The lowest BCUT2D eigenvalue weighted by Gasteiger charge is -2.37. The Morgan fingerprint density at radius 3 is 2.31 bits per heavy atom. The Hall–Kier alpha value is -6.40. The van der Waals surface area contributed by atoms with Crippen molar-refractivity contribution in [3.63, 3.8) is 0 Å². The average Bonchev–Trinajstić information content (AvgIpc) is 4.03. The standard InChI is InChI=1S/C51H49N5O5Si/c1-33-48(62(3,4)39-24-22-38(60-2)23-25-39)46(27-28-54-31-43(52-53-54)41(32-57)35-15-9-6-10-16-35)61-51(33)42-29-37(21-26-44(42)55(50(51)59)30-34-13-7-5-8-14-34)56-45-20-12-18-36-17-11-19-40(47(36)45)49(56)58/h5-26,29,31,33,41,46,48,57H,27-28,30,32H2,1-4H3/t33-,41?,46+,48-,51+/m1/s1. The lowest BCUT2D eigenvalue weighted by atomic mass is 9.82. The molecule has 1 N–H and O–H groups in total. The molecule has 10 nitrogen and oxygen atoms in total. The summed E-state index contributed by atoms with van der Waals surface area (Å²) in [5, 5.41) is 22.6. The van der Waals surface area contributed by atoms with Gasteiger partial charge in [-0.1, -0.05) is 127 Å². The van der Waals surface area contributed by atoms with E-state index >= 15 is 4.79 Å². The van der Waals surface area contributed by atoms with Gasteiger partial charge in [0.2, 0.25) is 0 Å². The first-order valence-electron chi connectivity index (χ1n) is 21.4. The summed E-state index contributed by atoms with van der Waals surface area (Å²) >= 11 is 0. The molecule has 11 heteroatoms. The molecule has 1 fully saturated rings. The lowest BCUT2D eigenvalue weighted by Crippen LogP contribution is -2.51. The molecule has 1 aromatic heterocycles. The summed E-state index contributed by atoms with van der Waals surface area (Å²) in [6.45, 7) is 7.73. The molecular weight excluding hydrogens is 791 g/mol. The molecule has 62 heavy (non-hydrogen) atoms. The minimum absolute atomic E-state index is 0.0167. The molecule has 3 aliphatic heterocycles. The average molecular weight is 840 g/mol. The molecule has 1 saturated heterocycles. The zero-order valence-corrected chi connectivity index (χ0v) is 36.3. The van der Waals surface area contributed by atoms with Crippen LogP contribution in [-0.2, 0) is 28.2 Å². The third-order valence-corrected chi connectivity index (χ3v) is 18.1. The number of benzene rings is 6. The number of hydrogen-bond acceptors (Lipinski definition) is 7. The van der Waals surface area contributed by atoms with Crippen molar-refractivity contribution in [3.8, 4) is 5.75 Å². The summed E-state index contributed by atoms with van der Waals surface area (Å²) in [6, 6.07) is 46.2. The number of aliphatic hydroxyl groups is 1. The van der Waals surface area contributed by atoms with Crippen LogP contribution in [0.15, 0.2) is 146 Å². The largest absolute Gasteiger partial charge is 0.497 e. The van der Waals surface area contributed by atoms with Crippen molar-refractivity contribution >= 4 is 52.9 Å². The van der Waals surface area contributed by atoms with Crippen LogP contribution in [0.3, 0.4) is 0 Å². The van der Waals surface area contributed by atoms with E-state index in [0.717, 1.165) is 44.6 Å². The summed E-state index contributed by atoms with van der Waals surface area (Å²) in [6.07, 6.45) is 2.15. The maximum absolute atomic E-state index is 15.7. The molecule has 0 bridgehead atoms. The first-order valence-corrected chi connectivity index (χ1v) is 24.5. The molecule has 2 amide bonds. The van der Waals surface area contributed by atoms with E-state index in [4.69, 9.17) is 9.47 Å². The first kappa shape index (κ1) is 39.7. The maximum atomic E-state index is 15.7. The van der Waals surface area contributed by atoms with Crippen LogP contribution >= 0.6 is 0 Å². The van der Waals surface area contributed by atoms with E-state index in [9.17, 15) is 9.90 Å². The number of aliphatic hydroxyl groups excluding tert-OH is 1. The molecule has 10 rings (SSSR count). The van der Waals surface area contributed by atoms with Crippen molar-refractivity contribution < 1.29 is 24.2 Å². The van der Waals surface area contributed by atoms with E-state index < -0.39 is 13.7 Å². The second kappa shape index (κ2) is 15.5. The molecule has 0 aliphatic carbocycles. The van der Waals surface area contributed by atoms with Gasteiger partial charge in [0.15, 0.2) is 5.60 Å². The van der Waals surface area contributed by atoms with Crippen molar-refractivity contribution in [3.05, 3.63) is 174 Å². The van der Waals surface area contributed by atoms with Gasteiger partial charge in [0.25, 0.3) is 11.8 Å². The number of methoxy groups -OCH3 is 1. The van der Waals surface area contributed by atoms with E-state index in [-0.39, 0.29) is 41.9 Å². The molecule has 6 aromatic carbocycles. The Morgan fingerprint density at radius 2 is 1.58 bits per heavy atom. The monoisotopic (exact) mass is 839 g/mol. The molecule has 312 valence electrons. The van der Waals surface area contributed by atoms with Crippen LogP contribution in [-0.4, -0.2) is 59.8 Å². The van der Waals surface area contributed by atoms with Crippen LogP contribution in [0, 0.1) is 5.92 Å². The summed E-state index contributed by atoms with van der Waals surface area (Å²) in [5.41, 5.74) is 5.08. The highest BCUT2D eigenvalue weighted by atomic mass is 28.3. The fraction of sp³-hybridized carbons (Fsp3) is 0.255. The Bertz CT molecular complexity index is 2810. The number of rotatable bonds is 12. The number of aryl methyl sites for hydroxylation is 1. The number of amides is 2. The third kappa shape index (κ3) is 6.28. The fourth-order valence-corrected chi connectivity index (χ4v) is 14.8. The number of carbonyl (C=O) groups is 2.